The van der Waals surface area contributed by atoms with Gasteiger partial charge in [0, 0.05) is 32.1 Å². The SMILES string of the molecule is CCCCC(C)C(=O)N1CCN(CC#N)CC1. The third kappa shape index (κ3) is 4.35. The fourth-order valence-corrected chi connectivity index (χ4v) is 2.17. The van der Waals surface area contributed by atoms with Crippen LogP contribution < -0.4 is 0 Å². The van der Waals surface area contributed by atoms with Gasteiger partial charge in [0.2, 0.25) is 5.91 Å². The number of amides is 1. The molecule has 1 amide bonds. The van der Waals surface area contributed by atoms with Crippen LogP contribution in [0.1, 0.15) is 33.1 Å². The van der Waals surface area contributed by atoms with Crippen LogP contribution in [0.15, 0.2) is 0 Å². The molecule has 96 valence electrons. The standard InChI is InChI=1S/C13H23N3O/c1-3-4-5-12(2)13(17)16-10-8-15(7-6-14)9-11-16/h12H,3-5,7-11H2,1-2H3. The van der Waals surface area contributed by atoms with Crippen molar-refractivity contribution in [3.05, 3.63) is 0 Å². The minimum atomic E-state index is 0.150. The number of nitriles is 1. The number of hydrogen-bond acceptors (Lipinski definition) is 3. The first-order valence-corrected chi connectivity index (χ1v) is 6.57. The monoisotopic (exact) mass is 237 g/mol. The van der Waals surface area contributed by atoms with Crippen molar-refractivity contribution in [2.24, 2.45) is 5.92 Å². The summed E-state index contributed by atoms with van der Waals surface area (Å²) in [4.78, 5) is 16.2. The summed E-state index contributed by atoms with van der Waals surface area (Å²) in [6, 6.07) is 2.15. The lowest BCUT2D eigenvalue weighted by Crippen LogP contribution is -2.50. The second-order valence-corrected chi connectivity index (χ2v) is 4.80. The van der Waals surface area contributed by atoms with Gasteiger partial charge in [0.05, 0.1) is 12.6 Å². The highest BCUT2D eigenvalue weighted by molar-refractivity contribution is 5.78. The van der Waals surface area contributed by atoms with Crippen LogP contribution >= 0.6 is 0 Å². The normalized spacial score (nSPS) is 18.8. The lowest BCUT2D eigenvalue weighted by molar-refractivity contribution is -0.136. The van der Waals surface area contributed by atoms with Gasteiger partial charge in [0.1, 0.15) is 0 Å². The smallest absolute Gasteiger partial charge is 0.225 e. The molecule has 1 fully saturated rings. The zero-order valence-corrected chi connectivity index (χ0v) is 11.0. The molecule has 4 nitrogen and oxygen atoms in total. The first kappa shape index (κ1) is 14.0. The fraction of sp³-hybridized carbons (Fsp3) is 0.846. The zero-order chi connectivity index (χ0) is 12.7. The molecule has 1 atom stereocenters. The van der Waals surface area contributed by atoms with E-state index in [1.54, 1.807) is 0 Å². The highest BCUT2D eigenvalue weighted by Crippen LogP contribution is 2.13. The maximum absolute atomic E-state index is 12.1. The molecule has 1 aliphatic rings. The van der Waals surface area contributed by atoms with Gasteiger partial charge in [0.15, 0.2) is 0 Å². The fourth-order valence-electron chi connectivity index (χ4n) is 2.17. The van der Waals surface area contributed by atoms with Gasteiger partial charge in [-0.1, -0.05) is 26.7 Å². The molecule has 0 bridgehead atoms. The van der Waals surface area contributed by atoms with Gasteiger partial charge in [0.25, 0.3) is 0 Å². The Kier molecular flexibility index (Phi) is 5.99. The number of carbonyl (C=O) groups is 1. The molecule has 1 aliphatic heterocycles. The van der Waals surface area contributed by atoms with Crippen LogP contribution in [-0.2, 0) is 4.79 Å². The van der Waals surface area contributed by atoms with Gasteiger partial charge in [-0.25, -0.2) is 0 Å². The van der Waals surface area contributed by atoms with Gasteiger partial charge in [-0.15, -0.1) is 0 Å². The highest BCUT2D eigenvalue weighted by Gasteiger charge is 2.24. The number of unbranched alkanes of at least 4 members (excludes halogenated alkanes) is 1. The Morgan fingerprint density at radius 3 is 2.53 bits per heavy atom. The quantitative estimate of drug-likeness (QED) is 0.680. The van der Waals surface area contributed by atoms with Crippen molar-refractivity contribution in [3.63, 3.8) is 0 Å². The number of hydrogen-bond donors (Lipinski definition) is 0. The van der Waals surface area contributed by atoms with E-state index >= 15 is 0 Å². The largest absolute Gasteiger partial charge is 0.340 e. The van der Waals surface area contributed by atoms with Crippen LogP contribution in [-0.4, -0.2) is 48.4 Å². The first-order chi connectivity index (χ1) is 8.19. The molecule has 0 radical (unpaired) electrons. The second kappa shape index (κ2) is 7.29. The lowest BCUT2D eigenvalue weighted by atomic mass is 10.0. The molecule has 1 unspecified atom stereocenters. The van der Waals surface area contributed by atoms with Crippen LogP contribution in [0, 0.1) is 17.2 Å². The predicted molar refractivity (Wildman–Crippen MR) is 67.3 cm³/mol. The molecule has 1 saturated heterocycles. The molecule has 0 aromatic rings. The van der Waals surface area contributed by atoms with E-state index < -0.39 is 0 Å². The van der Waals surface area contributed by atoms with E-state index in [-0.39, 0.29) is 11.8 Å². The van der Waals surface area contributed by atoms with E-state index in [1.165, 1.54) is 0 Å². The van der Waals surface area contributed by atoms with Crippen molar-refractivity contribution < 1.29 is 4.79 Å². The molecule has 1 rings (SSSR count). The van der Waals surface area contributed by atoms with Gasteiger partial charge in [-0.3, -0.25) is 9.69 Å². The summed E-state index contributed by atoms with van der Waals surface area (Å²) in [7, 11) is 0. The molecule has 0 spiro atoms. The van der Waals surface area contributed by atoms with Crippen LogP contribution in [0.3, 0.4) is 0 Å². The highest BCUT2D eigenvalue weighted by atomic mass is 16.2. The average molecular weight is 237 g/mol. The molecule has 4 heteroatoms. The molecule has 0 aromatic heterocycles. The van der Waals surface area contributed by atoms with Gasteiger partial charge >= 0.3 is 0 Å². The van der Waals surface area contributed by atoms with Gasteiger partial charge in [-0.05, 0) is 6.42 Å². The first-order valence-electron chi connectivity index (χ1n) is 6.57. The summed E-state index contributed by atoms with van der Waals surface area (Å²) >= 11 is 0. The number of carbonyl (C=O) groups excluding carboxylic acids is 1. The molecule has 1 heterocycles. The van der Waals surface area contributed by atoms with Gasteiger partial charge in [-0.2, -0.15) is 5.26 Å². The molecular weight excluding hydrogens is 214 g/mol. The molecule has 0 aromatic carbocycles. The minimum Gasteiger partial charge on any atom is -0.340 e. The minimum absolute atomic E-state index is 0.150. The Morgan fingerprint density at radius 2 is 2.00 bits per heavy atom. The number of rotatable bonds is 5. The van der Waals surface area contributed by atoms with E-state index in [0.29, 0.717) is 6.54 Å². The topological polar surface area (TPSA) is 47.3 Å². The van der Waals surface area contributed by atoms with E-state index in [1.807, 2.05) is 11.8 Å². The molecule has 0 aliphatic carbocycles. The maximum atomic E-state index is 12.1. The van der Waals surface area contributed by atoms with Crippen LogP contribution in [0.5, 0.6) is 0 Å². The zero-order valence-electron chi connectivity index (χ0n) is 11.0. The van der Waals surface area contributed by atoms with Crippen molar-refractivity contribution in [2.45, 2.75) is 33.1 Å². The molecule has 0 N–H and O–H groups in total. The predicted octanol–water partition coefficient (Wildman–Crippen LogP) is 1.48. The van der Waals surface area contributed by atoms with Crippen molar-refractivity contribution in [3.8, 4) is 6.07 Å². The summed E-state index contributed by atoms with van der Waals surface area (Å²) in [6.45, 7) is 7.87. The second-order valence-electron chi connectivity index (χ2n) is 4.80. The Bertz CT molecular complexity index is 277. The Balaban J connectivity index is 2.33. The third-order valence-electron chi connectivity index (χ3n) is 3.39. The summed E-state index contributed by atoms with van der Waals surface area (Å²) in [6.07, 6.45) is 3.27. The Morgan fingerprint density at radius 1 is 1.35 bits per heavy atom. The Hall–Kier alpha value is -1.08. The number of nitrogens with zero attached hydrogens (tertiary/aromatic N) is 3. The summed E-state index contributed by atoms with van der Waals surface area (Å²) < 4.78 is 0. The third-order valence-corrected chi connectivity index (χ3v) is 3.39. The van der Waals surface area contributed by atoms with Crippen LogP contribution in [0.4, 0.5) is 0 Å². The lowest BCUT2D eigenvalue weighted by Gasteiger charge is -2.34. The van der Waals surface area contributed by atoms with Gasteiger partial charge < -0.3 is 4.90 Å². The maximum Gasteiger partial charge on any atom is 0.225 e. The van der Waals surface area contributed by atoms with E-state index in [2.05, 4.69) is 17.9 Å². The summed E-state index contributed by atoms with van der Waals surface area (Å²) in [5, 5.41) is 8.61. The molecular formula is C13H23N3O. The number of piperazine rings is 1. The molecule has 0 saturated carbocycles. The van der Waals surface area contributed by atoms with Crippen LogP contribution in [0.2, 0.25) is 0 Å². The van der Waals surface area contributed by atoms with Crippen molar-refractivity contribution >= 4 is 5.91 Å². The average Bonchev–Trinajstić information content (AvgIpc) is 2.36. The van der Waals surface area contributed by atoms with Crippen molar-refractivity contribution in [1.29, 1.82) is 5.26 Å². The van der Waals surface area contributed by atoms with E-state index in [9.17, 15) is 4.79 Å². The van der Waals surface area contributed by atoms with E-state index in [4.69, 9.17) is 5.26 Å². The summed E-state index contributed by atoms with van der Waals surface area (Å²) in [5.74, 6) is 0.438. The van der Waals surface area contributed by atoms with Crippen LogP contribution in [0.25, 0.3) is 0 Å². The Labute approximate surface area is 104 Å². The summed E-state index contributed by atoms with van der Waals surface area (Å²) in [5.41, 5.74) is 0. The van der Waals surface area contributed by atoms with E-state index in [0.717, 1.165) is 45.4 Å². The molecule has 17 heavy (non-hydrogen) atoms. The van der Waals surface area contributed by atoms with Crippen molar-refractivity contribution in [2.75, 3.05) is 32.7 Å². The van der Waals surface area contributed by atoms with Crippen molar-refractivity contribution in [1.82, 2.24) is 9.80 Å².